The third-order valence-electron chi connectivity index (χ3n) is 4.26. The van der Waals surface area contributed by atoms with Crippen molar-refractivity contribution in [3.05, 3.63) is 34.4 Å². The molecule has 0 aliphatic carbocycles. The van der Waals surface area contributed by atoms with Crippen molar-refractivity contribution < 1.29 is 24.9 Å². The maximum absolute atomic E-state index is 12.3. The first kappa shape index (κ1) is 17.2. The van der Waals surface area contributed by atoms with E-state index in [1.54, 1.807) is 24.3 Å². The standard InChI is InChI=1S/C16H19ClN2O5/c17-10-1-2-13-8(4-10)3-9(7-24-13)16(23)18-5-11-14(21)15(22)12(6-20)19-11/h1-4,11-12,14-15,19-22H,5-7H2,(H,18,23)/t11-,12-,14-,15-/m1/s1. The fraction of sp³-hybridized carbons (Fsp3) is 0.438. The van der Waals surface area contributed by atoms with Gasteiger partial charge in [0.05, 0.1) is 36.5 Å². The molecule has 1 fully saturated rings. The summed E-state index contributed by atoms with van der Waals surface area (Å²) >= 11 is 5.94. The van der Waals surface area contributed by atoms with Crippen molar-refractivity contribution in [1.29, 1.82) is 0 Å². The summed E-state index contributed by atoms with van der Waals surface area (Å²) in [6.07, 6.45) is -0.411. The van der Waals surface area contributed by atoms with Crippen molar-refractivity contribution in [2.24, 2.45) is 0 Å². The molecule has 0 radical (unpaired) electrons. The lowest BCUT2D eigenvalue weighted by atomic mass is 10.1. The number of rotatable bonds is 4. The van der Waals surface area contributed by atoms with E-state index in [-0.39, 0.29) is 25.7 Å². The van der Waals surface area contributed by atoms with Gasteiger partial charge in [-0.1, -0.05) is 11.6 Å². The van der Waals surface area contributed by atoms with Crippen LogP contribution in [0.2, 0.25) is 5.02 Å². The molecule has 1 aromatic carbocycles. The third-order valence-corrected chi connectivity index (χ3v) is 4.49. The average Bonchev–Trinajstić information content (AvgIpc) is 2.86. The van der Waals surface area contributed by atoms with E-state index in [0.29, 0.717) is 16.3 Å². The van der Waals surface area contributed by atoms with Gasteiger partial charge in [-0.15, -0.1) is 0 Å². The minimum atomic E-state index is -1.07. The quantitative estimate of drug-likeness (QED) is 0.488. The Kier molecular flexibility index (Phi) is 5.07. The molecule has 3 rings (SSSR count). The maximum atomic E-state index is 12.3. The van der Waals surface area contributed by atoms with Gasteiger partial charge in [0.15, 0.2) is 0 Å². The first-order chi connectivity index (χ1) is 11.5. The lowest BCUT2D eigenvalue weighted by Crippen LogP contribution is -2.45. The van der Waals surface area contributed by atoms with Crippen molar-refractivity contribution in [1.82, 2.24) is 10.6 Å². The normalized spacial score (nSPS) is 28.8. The minimum absolute atomic E-state index is 0.118. The highest BCUT2D eigenvalue weighted by Gasteiger charge is 2.40. The van der Waals surface area contributed by atoms with Gasteiger partial charge in [0, 0.05) is 17.1 Å². The lowest BCUT2D eigenvalue weighted by Gasteiger charge is -2.20. The van der Waals surface area contributed by atoms with Gasteiger partial charge in [0.25, 0.3) is 5.91 Å². The van der Waals surface area contributed by atoms with Crippen LogP contribution in [0.15, 0.2) is 23.8 Å². The number of fused-ring (bicyclic) bond motifs is 1. The molecule has 0 saturated carbocycles. The molecule has 4 atom stereocenters. The van der Waals surface area contributed by atoms with Gasteiger partial charge in [0.2, 0.25) is 0 Å². The Morgan fingerprint density at radius 3 is 2.79 bits per heavy atom. The Bertz CT molecular complexity index is 666. The van der Waals surface area contributed by atoms with Crippen LogP contribution in [0.25, 0.3) is 6.08 Å². The monoisotopic (exact) mass is 354 g/mol. The number of hydrogen-bond acceptors (Lipinski definition) is 6. The summed E-state index contributed by atoms with van der Waals surface area (Å²) in [4.78, 5) is 12.3. The fourth-order valence-electron chi connectivity index (χ4n) is 2.88. The number of halogens is 1. The number of carbonyl (C=O) groups excluding carboxylic acids is 1. The number of hydrogen-bond donors (Lipinski definition) is 5. The molecule has 24 heavy (non-hydrogen) atoms. The second-order valence-electron chi connectivity index (χ2n) is 5.89. The summed E-state index contributed by atoms with van der Waals surface area (Å²) < 4.78 is 5.53. The summed E-state index contributed by atoms with van der Waals surface area (Å²) in [6, 6.07) is 4.04. The first-order valence-corrected chi connectivity index (χ1v) is 8.01. The topological polar surface area (TPSA) is 111 Å². The van der Waals surface area contributed by atoms with E-state index in [4.69, 9.17) is 21.4 Å². The molecule has 2 aliphatic rings. The second-order valence-corrected chi connectivity index (χ2v) is 6.33. The van der Waals surface area contributed by atoms with E-state index in [1.165, 1.54) is 0 Å². The molecule has 1 aromatic rings. The molecule has 130 valence electrons. The van der Waals surface area contributed by atoms with Crippen molar-refractivity contribution in [3.8, 4) is 5.75 Å². The van der Waals surface area contributed by atoms with E-state index < -0.39 is 24.3 Å². The van der Waals surface area contributed by atoms with Crippen LogP contribution in [0.4, 0.5) is 0 Å². The van der Waals surface area contributed by atoms with E-state index in [2.05, 4.69) is 10.6 Å². The highest BCUT2D eigenvalue weighted by atomic mass is 35.5. The summed E-state index contributed by atoms with van der Waals surface area (Å²) in [7, 11) is 0. The Balaban J connectivity index is 1.62. The van der Waals surface area contributed by atoms with Gasteiger partial charge in [-0.3, -0.25) is 4.79 Å². The van der Waals surface area contributed by atoms with Crippen LogP contribution in [-0.2, 0) is 4.79 Å². The Morgan fingerprint density at radius 1 is 1.33 bits per heavy atom. The molecule has 0 bridgehead atoms. The van der Waals surface area contributed by atoms with Crippen LogP contribution in [0.5, 0.6) is 5.75 Å². The number of amides is 1. The van der Waals surface area contributed by atoms with Gasteiger partial charge >= 0.3 is 0 Å². The highest BCUT2D eigenvalue weighted by molar-refractivity contribution is 6.30. The molecule has 2 aliphatic heterocycles. The summed E-state index contributed by atoms with van der Waals surface area (Å²) in [5.74, 6) is 0.342. The molecule has 7 nitrogen and oxygen atoms in total. The molecule has 5 N–H and O–H groups in total. The van der Waals surface area contributed by atoms with Gasteiger partial charge in [0.1, 0.15) is 12.4 Å². The van der Waals surface area contributed by atoms with Crippen LogP contribution >= 0.6 is 11.6 Å². The molecular formula is C16H19ClN2O5. The molecule has 1 amide bonds. The third kappa shape index (κ3) is 3.40. The smallest absolute Gasteiger partial charge is 0.250 e. The van der Waals surface area contributed by atoms with Gasteiger partial charge < -0.3 is 30.7 Å². The molecular weight excluding hydrogens is 336 g/mol. The van der Waals surface area contributed by atoms with E-state index in [1.807, 2.05) is 0 Å². The number of aliphatic hydroxyl groups is 3. The number of benzene rings is 1. The zero-order valence-electron chi connectivity index (χ0n) is 12.8. The summed E-state index contributed by atoms with van der Waals surface area (Å²) in [5.41, 5.74) is 1.17. The van der Waals surface area contributed by atoms with E-state index in [9.17, 15) is 15.0 Å². The number of aliphatic hydroxyl groups excluding tert-OH is 3. The van der Waals surface area contributed by atoms with Gasteiger partial charge in [-0.2, -0.15) is 0 Å². The van der Waals surface area contributed by atoms with Crippen LogP contribution in [0.3, 0.4) is 0 Å². The predicted octanol–water partition coefficient (Wildman–Crippen LogP) is -0.713. The van der Waals surface area contributed by atoms with E-state index in [0.717, 1.165) is 5.56 Å². The zero-order valence-corrected chi connectivity index (χ0v) is 13.5. The molecule has 1 saturated heterocycles. The summed E-state index contributed by atoms with van der Waals surface area (Å²) in [5, 5.41) is 34.9. The Hall–Kier alpha value is -1.64. The number of nitrogens with one attached hydrogen (secondary N) is 2. The maximum Gasteiger partial charge on any atom is 0.250 e. The number of ether oxygens (including phenoxy) is 1. The molecule has 2 heterocycles. The van der Waals surface area contributed by atoms with Crippen LogP contribution in [0.1, 0.15) is 5.56 Å². The molecule has 0 unspecified atom stereocenters. The second kappa shape index (κ2) is 7.08. The Labute approximate surface area is 143 Å². The molecule has 0 spiro atoms. The van der Waals surface area contributed by atoms with Crippen LogP contribution in [-0.4, -0.2) is 65.3 Å². The van der Waals surface area contributed by atoms with E-state index >= 15 is 0 Å². The predicted molar refractivity (Wildman–Crippen MR) is 87.7 cm³/mol. The van der Waals surface area contributed by atoms with Crippen LogP contribution < -0.4 is 15.4 Å². The average molecular weight is 355 g/mol. The Morgan fingerprint density at radius 2 is 2.08 bits per heavy atom. The lowest BCUT2D eigenvalue weighted by molar-refractivity contribution is -0.118. The van der Waals surface area contributed by atoms with Gasteiger partial charge in [-0.25, -0.2) is 0 Å². The van der Waals surface area contributed by atoms with Crippen molar-refractivity contribution >= 4 is 23.6 Å². The number of carbonyl (C=O) groups is 1. The van der Waals surface area contributed by atoms with Crippen molar-refractivity contribution in [3.63, 3.8) is 0 Å². The SMILES string of the molecule is O=C(NC[C@H]1N[C@H](CO)[C@@H](O)[C@@H]1O)C1=Cc2cc(Cl)ccc2OC1. The highest BCUT2D eigenvalue weighted by Crippen LogP contribution is 2.29. The fourth-order valence-corrected chi connectivity index (χ4v) is 3.06. The van der Waals surface area contributed by atoms with Crippen molar-refractivity contribution in [2.75, 3.05) is 19.8 Å². The molecule has 8 heteroatoms. The first-order valence-electron chi connectivity index (χ1n) is 7.63. The largest absolute Gasteiger partial charge is 0.488 e. The van der Waals surface area contributed by atoms with Crippen molar-refractivity contribution in [2.45, 2.75) is 24.3 Å². The summed E-state index contributed by atoms with van der Waals surface area (Å²) in [6.45, 7) is -0.0322. The van der Waals surface area contributed by atoms with Crippen LogP contribution in [0, 0.1) is 0 Å². The zero-order chi connectivity index (χ0) is 17.3. The molecule has 0 aromatic heterocycles. The minimum Gasteiger partial charge on any atom is -0.488 e. The van der Waals surface area contributed by atoms with Gasteiger partial charge in [-0.05, 0) is 24.3 Å².